The van der Waals surface area contributed by atoms with Crippen molar-refractivity contribution in [3.8, 4) is 0 Å². The molecule has 0 spiro atoms. The van der Waals surface area contributed by atoms with Crippen LogP contribution in [-0.4, -0.2) is 15.6 Å². The predicted molar refractivity (Wildman–Crippen MR) is 70.1 cm³/mol. The molecule has 0 saturated carbocycles. The molecular formula is C13H12BrFN2O. The van der Waals surface area contributed by atoms with Crippen LogP contribution in [0, 0.1) is 5.82 Å². The minimum atomic E-state index is -0.522. The van der Waals surface area contributed by atoms with Crippen LogP contribution >= 0.6 is 15.9 Å². The van der Waals surface area contributed by atoms with Crippen molar-refractivity contribution in [2.75, 3.05) is 0 Å². The van der Waals surface area contributed by atoms with Crippen LogP contribution in [0.15, 0.2) is 34.9 Å². The highest BCUT2D eigenvalue weighted by atomic mass is 79.9. The van der Waals surface area contributed by atoms with Gasteiger partial charge in [0.1, 0.15) is 11.5 Å². The lowest BCUT2D eigenvalue weighted by molar-refractivity contribution is 0.102. The molecule has 0 aliphatic rings. The highest BCUT2D eigenvalue weighted by Crippen LogP contribution is 2.23. The zero-order valence-electron chi connectivity index (χ0n) is 10.0. The smallest absolute Gasteiger partial charge is 0.215 e. The number of ketones is 1. The normalized spacial score (nSPS) is 10.9. The van der Waals surface area contributed by atoms with Gasteiger partial charge in [-0.1, -0.05) is 12.1 Å². The van der Waals surface area contributed by atoms with Crippen molar-refractivity contribution in [1.82, 2.24) is 9.78 Å². The molecule has 1 aromatic heterocycles. The summed E-state index contributed by atoms with van der Waals surface area (Å²) in [6.07, 6.45) is 1.55. The van der Waals surface area contributed by atoms with E-state index in [-0.39, 0.29) is 17.4 Å². The summed E-state index contributed by atoms with van der Waals surface area (Å²) in [6, 6.07) is 5.97. The number of aromatic nitrogens is 2. The molecule has 2 aromatic rings. The van der Waals surface area contributed by atoms with Gasteiger partial charge < -0.3 is 0 Å². The Hall–Kier alpha value is -1.49. The summed E-state index contributed by atoms with van der Waals surface area (Å²) >= 11 is 3.28. The molecule has 0 aliphatic heterocycles. The fourth-order valence-corrected chi connectivity index (χ4v) is 2.17. The molecule has 0 aliphatic carbocycles. The third-order valence-electron chi connectivity index (χ3n) is 2.57. The Morgan fingerprint density at radius 1 is 1.39 bits per heavy atom. The number of carbonyl (C=O) groups is 1. The maximum absolute atomic E-state index is 13.6. The molecule has 0 bridgehead atoms. The van der Waals surface area contributed by atoms with Crippen LogP contribution in [0.25, 0.3) is 0 Å². The molecule has 2 rings (SSSR count). The fraction of sp³-hybridized carbons (Fsp3) is 0.231. The molecule has 0 N–H and O–H groups in total. The summed E-state index contributed by atoms with van der Waals surface area (Å²) in [5, 5.41) is 4.12. The molecular weight excluding hydrogens is 299 g/mol. The average Bonchev–Trinajstić information content (AvgIpc) is 2.71. The molecule has 0 saturated heterocycles. The van der Waals surface area contributed by atoms with Gasteiger partial charge in [0, 0.05) is 6.04 Å². The predicted octanol–water partition coefficient (Wildman–Crippen LogP) is 3.60. The van der Waals surface area contributed by atoms with E-state index >= 15 is 0 Å². The summed E-state index contributed by atoms with van der Waals surface area (Å²) < 4.78 is 15.8. The third-order valence-corrected chi connectivity index (χ3v) is 3.15. The molecule has 3 nitrogen and oxygen atoms in total. The number of benzene rings is 1. The molecule has 94 valence electrons. The van der Waals surface area contributed by atoms with Crippen LogP contribution in [-0.2, 0) is 0 Å². The third kappa shape index (κ3) is 2.22. The second-order valence-corrected chi connectivity index (χ2v) is 5.04. The van der Waals surface area contributed by atoms with Gasteiger partial charge in [0.15, 0.2) is 0 Å². The van der Waals surface area contributed by atoms with Crippen LogP contribution in [0.2, 0.25) is 0 Å². The van der Waals surface area contributed by atoms with E-state index < -0.39 is 5.82 Å². The summed E-state index contributed by atoms with van der Waals surface area (Å²) in [7, 11) is 0. The number of halogens is 2. The molecule has 5 heteroatoms. The van der Waals surface area contributed by atoms with Crippen LogP contribution in [0.5, 0.6) is 0 Å². The van der Waals surface area contributed by atoms with E-state index in [9.17, 15) is 9.18 Å². The summed E-state index contributed by atoms with van der Waals surface area (Å²) in [5.74, 6) is -0.892. The Morgan fingerprint density at radius 2 is 2.06 bits per heavy atom. The van der Waals surface area contributed by atoms with E-state index in [4.69, 9.17) is 0 Å². The van der Waals surface area contributed by atoms with Gasteiger partial charge in [-0.2, -0.15) is 5.10 Å². The highest BCUT2D eigenvalue weighted by molar-refractivity contribution is 9.10. The van der Waals surface area contributed by atoms with Crippen molar-refractivity contribution in [2.24, 2.45) is 0 Å². The number of rotatable bonds is 3. The summed E-state index contributed by atoms with van der Waals surface area (Å²) in [6.45, 7) is 3.83. The van der Waals surface area contributed by atoms with E-state index in [2.05, 4.69) is 21.0 Å². The molecule has 18 heavy (non-hydrogen) atoms. The maximum atomic E-state index is 13.6. The van der Waals surface area contributed by atoms with Crippen molar-refractivity contribution in [1.29, 1.82) is 0 Å². The number of nitrogens with zero attached hydrogens (tertiary/aromatic N) is 2. The molecule has 1 heterocycles. The lowest BCUT2D eigenvalue weighted by Crippen LogP contribution is -2.15. The minimum absolute atomic E-state index is 0.0297. The Morgan fingerprint density at radius 3 is 2.67 bits per heavy atom. The van der Waals surface area contributed by atoms with E-state index in [1.165, 1.54) is 12.1 Å². The van der Waals surface area contributed by atoms with E-state index in [0.717, 1.165) is 0 Å². The molecule has 0 fully saturated rings. The van der Waals surface area contributed by atoms with Gasteiger partial charge in [-0.15, -0.1) is 0 Å². The molecule has 0 atom stereocenters. The Bertz CT molecular complexity index is 592. The topological polar surface area (TPSA) is 34.9 Å². The minimum Gasteiger partial charge on any atom is -0.287 e. The summed E-state index contributed by atoms with van der Waals surface area (Å²) in [4.78, 5) is 12.3. The molecule has 0 radical (unpaired) electrons. The number of hydrogen-bond donors (Lipinski definition) is 0. The maximum Gasteiger partial charge on any atom is 0.215 e. The first-order valence-corrected chi connectivity index (χ1v) is 6.34. The zero-order chi connectivity index (χ0) is 13.3. The lowest BCUT2D eigenvalue weighted by Gasteiger charge is -2.10. The van der Waals surface area contributed by atoms with Crippen LogP contribution in [0.3, 0.4) is 0 Å². The number of carbonyl (C=O) groups excluding carboxylic acids is 1. The first kappa shape index (κ1) is 13.0. The van der Waals surface area contributed by atoms with Gasteiger partial charge in [-0.25, -0.2) is 4.39 Å². The average molecular weight is 311 g/mol. The number of hydrogen-bond acceptors (Lipinski definition) is 2. The zero-order valence-corrected chi connectivity index (χ0v) is 11.6. The second kappa shape index (κ2) is 5.02. The Kier molecular flexibility index (Phi) is 3.61. The lowest BCUT2D eigenvalue weighted by atomic mass is 10.1. The quantitative estimate of drug-likeness (QED) is 0.812. The first-order valence-electron chi connectivity index (χ1n) is 5.54. The van der Waals surface area contributed by atoms with Crippen LogP contribution < -0.4 is 0 Å². The first-order chi connectivity index (χ1) is 8.52. The van der Waals surface area contributed by atoms with Gasteiger partial charge >= 0.3 is 0 Å². The van der Waals surface area contributed by atoms with Gasteiger partial charge in [-0.05, 0) is 41.9 Å². The molecule has 0 amide bonds. The molecule has 1 aromatic carbocycles. The second-order valence-electron chi connectivity index (χ2n) is 4.19. The SMILES string of the molecule is CC(C)n1ncc(Br)c1C(=O)c1ccccc1F. The molecule has 0 unspecified atom stereocenters. The standard InChI is InChI=1S/C13H12BrFN2O/c1-8(2)17-12(10(14)7-16-17)13(18)9-5-3-4-6-11(9)15/h3-8H,1-2H3. The van der Waals surface area contributed by atoms with Gasteiger partial charge in [0.25, 0.3) is 0 Å². The Labute approximate surface area is 113 Å². The van der Waals surface area contributed by atoms with Crippen molar-refractivity contribution in [3.63, 3.8) is 0 Å². The largest absolute Gasteiger partial charge is 0.287 e. The van der Waals surface area contributed by atoms with Gasteiger partial charge in [0.2, 0.25) is 5.78 Å². The highest BCUT2D eigenvalue weighted by Gasteiger charge is 2.22. The Balaban J connectivity index is 2.53. The van der Waals surface area contributed by atoms with Crippen LogP contribution in [0.4, 0.5) is 4.39 Å². The summed E-state index contributed by atoms with van der Waals surface area (Å²) in [5.41, 5.74) is 0.427. The van der Waals surface area contributed by atoms with Gasteiger partial charge in [-0.3, -0.25) is 9.48 Å². The monoisotopic (exact) mass is 310 g/mol. The van der Waals surface area contributed by atoms with Crippen LogP contribution in [0.1, 0.15) is 35.9 Å². The van der Waals surface area contributed by atoms with Gasteiger partial charge in [0.05, 0.1) is 16.2 Å². The van der Waals surface area contributed by atoms with Crippen molar-refractivity contribution >= 4 is 21.7 Å². The van der Waals surface area contributed by atoms with E-state index in [0.29, 0.717) is 10.2 Å². The fourth-order valence-electron chi connectivity index (χ4n) is 1.72. The van der Waals surface area contributed by atoms with Crippen molar-refractivity contribution in [2.45, 2.75) is 19.9 Å². The van der Waals surface area contributed by atoms with Crippen molar-refractivity contribution in [3.05, 3.63) is 52.0 Å². The van der Waals surface area contributed by atoms with E-state index in [1.54, 1.807) is 23.0 Å². The van der Waals surface area contributed by atoms with E-state index in [1.807, 2.05) is 13.8 Å². The van der Waals surface area contributed by atoms with Crippen molar-refractivity contribution < 1.29 is 9.18 Å².